The maximum absolute atomic E-state index is 13.9. The quantitative estimate of drug-likeness (QED) is 0.542. The van der Waals surface area contributed by atoms with Crippen LogP contribution in [0.4, 0.5) is 4.39 Å². The highest BCUT2D eigenvalue weighted by atomic mass is 19.1. The lowest BCUT2D eigenvalue weighted by atomic mass is 10.0. The fourth-order valence-electron chi connectivity index (χ4n) is 4.43. The van der Waals surface area contributed by atoms with Crippen molar-refractivity contribution in [2.24, 2.45) is 0 Å². The third-order valence-corrected chi connectivity index (χ3v) is 6.27. The number of hydrogen-bond acceptors (Lipinski definition) is 4. The SMILES string of the molecule is C/C=C/c1ccc(OC)cc1[C@@H](C)OC[C@H](O)CN1CCC[C@H]1Cc1ccc(C)c(F)c1. The molecule has 0 aliphatic carbocycles. The minimum Gasteiger partial charge on any atom is -0.497 e. The Balaban J connectivity index is 1.56. The third kappa shape index (κ3) is 6.41. The average Bonchev–Trinajstić information content (AvgIpc) is 3.21. The first-order chi connectivity index (χ1) is 15.4. The van der Waals surface area contributed by atoms with Gasteiger partial charge in [0.1, 0.15) is 11.6 Å². The zero-order chi connectivity index (χ0) is 23.1. The molecule has 0 bridgehead atoms. The van der Waals surface area contributed by atoms with Crippen molar-refractivity contribution in [1.82, 2.24) is 4.90 Å². The van der Waals surface area contributed by atoms with Crippen LogP contribution in [0.5, 0.6) is 5.75 Å². The van der Waals surface area contributed by atoms with Gasteiger partial charge in [0.05, 0.1) is 25.9 Å². The number of aryl methyl sites for hydroxylation is 1. The molecule has 0 spiro atoms. The normalized spacial score (nSPS) is 18.9. The molecule has 3 rings (SSSR count). The van der Waals surface area contributed by atoms with Crippen molar-refractivity contribution in [3.05, 3.63) is 70.5 Å². The fourth-order valence-corrected chi connectivity index (χ4v) is 4.43. The Kier molecular flexibility index (Phi) is 8.85. The van der Waals surface area contributed by atoms with E-state index in [9.17, 15) is 9.50 Å². The summed E-state index contributed by atoms with van der Waals surface area (Å²) in [4.78, 5) is 2.31. The summed E-state index contributed by atoms with van der Waals surface area (Å²) in [5, 5.41) is 10.7. The van der Waals surface area contributed by atoms with Crippen molar-refractivity contribution in [2.45, 2.75) is 58.3 Å². The lowest BCUT2D eigenvalue weighted by Gasteiger charge is -2.27. The van der Waals surface area contributed by atoms with E-state index in [-0.39, 0.29) is 18.5 Å². The van der Waals surface area contributed by atoms with E-state index in [1.807, 2.05) is 56.3 Å². The van der Waals surface area contributed by atoms with Crippen LogP contribution in [0.15, 0.2) is 42.5 Å². The molecule has 1 N–H and O–H groups in total. The summed E-state index contributed by atoms with van der Waals surface area (Å²) in [6.45, 7) is 7.54. The van der Waals surface area contributed by atoms with Crippen LogP contribution < -0.4 is 4.74 Å². The number of nitrogens with zero attached hydrogens (tertiary/aromatic N) is 1. The van der Waals surface area contributed by atoms with Crippen LogP contribution >= 0.6 is 0 Å². The maximum atomic E-state index is 13.9. The number of β-amino-alcohol motifs (C(OH)–C–C–N with tert-alkyl or cyclic N) is 1. The molecular weight excluding hydrogens is 405 g/mol. The van der Waals surface area contributed by atoms with Gasteiger partial charge < -0.3 is 14.6 Å². The number of aliphatic hydroxyl groups excluding tert-OH is 1. The molecule has 1 aliphatic heterocycles. The van der Waals surface area contributed by atoms with E-state index in [0.29, 0.717) is 18.2 Å². The lowest BCUT2D eigenvalue weighted by Crippen LogP contribution is -2.39. The third-order valence-electron chi connectivity index (χ3n) is 6.27. The number of allylic oxidation sites excluding steroid dienone is 1. The van der Waals surface area contributed by atoms with Gasteiger partial charge in [-0.15, -0.1) is 0 Å². The zero-order valence-electron chi connectivity index (χ0n) is 19.7. The zero-order valence-corrected chi connectivity index (χ0v) is 19.7. The van der Waals surface area contributed by atoms with Crippen molar-refractivity contribution in [1.29, 1.82) is 0 Å². The molecule has 0 radical (unpaired) electrons. The van der Waals surface area contributed by atoms with Crippen LogP contribution in [0.2, 0.25) is 0 Å². The summed E-state index contributed by atoms with van der Waals surface area (Å²) in [6.07, 6.45) is 6.26. The topological polar surface area (TPSA) is 41.9 Å². The van der Waals surface area contributed by atoms with Crippen molar-refractivity contribution >= 4 is 6.08 Å². The molecule has 5 heteroatoms. The Morgan fingerprint density at radius 3 is 2.78 bits per heavy atom. The smallest absolute Gasteiger partial charge is 0.126 e. The van der Waals surface area contributed by atoms with Crippen LogP contribution in [0, 0.1) is 12.7 Å². The molecule has 32 heavy (non-hydrogen) atoms. The number of benzene rings is 2. The second-order valence-corrected chi connectivity index (χ2v) is 8.70. The minimum absolute atomic E-state index is 0.149. The molecule has 0 amide bonds. The molecule has 1 fully saturated rings. The van der Waals surface area contributed by atoms with Crippen molar-refractivity contribution in [2.75, 3.05) is 26.8 Å². The molecule has 1 aliphatic rings. The lowest BCUT2D eigenvalue weighted by molar-refractivity contribution is -0.0172. The van der Waals surface area contributed by atoms with E-state index >= 15 is 0 Å². The molecule has 174 valence electrons. The fraction of sp³-hybridized carbons (Fsp3) is 0.481. The predicted molar refractivity (Wildman–Crippen MR) is 128 cm³/mol. The second kappa shape index (κ2) is 11.6. The number of hydrogen-bond donors (Lipinski definition) is 1. The summed E-state index contributed by atoms with van der Waals surface area (Å²) in [5.74, 6) is 0.640. The standard InChI is InChI=1S/C27H36FNO3/c1-5-7-22-11-12-25(31-4)16-26(22)20(3)32-18-24(30)17-29-13-6-8-23(29)14-21-10-9-19(2)27(28)15-21/h5,7,9-12,15-16,20,23-24,30H,6,8,13-14,17-18H2,1-4H3/b7-5+/t20-,23+,24-/m1/s1. The van der Waals surface area contributed by atoms with Crippen molar-refractivity contribution in [3.63, 3.8) is 0 Å². The van der Waals surface area contributed by atoms with Crippen molar-refractivity contribution in [3.8, 4) is 5.75 Å². The summed E-state index contributed by atoms with van der Waals surface area (Å²) in [5.41, 5.74) is 3.81. The largest absolute Gasteiger partial charge is 0.497 e. The molecule has 0 saturated carbocycles. The highest BCUT2D eigenvalue weighted by molar-refractivity contribution is 5.56. The first kappa shape index (κ1) is 24.4. The van der Waals surface area contributed by atoms with Gasteiger partial charge in [-0.05, 0) is 87.0 Å². The number of halogens is 1. The summed E-state index contributed by atoms with van der Waals surface area (Å²) in [6, 6.07) is 11.8. The van der Waals surface area contributed by atoms with E-state index in [1.54, 1.807) is 20.1 Å². The van der Waals surface area contributed by atoms with Crippen LogP contribution in [-0.2, 0) is 11.2 Å². The highest BCUT2D eigenvalue weighted by Gasteiger charge is 2.27. The maximum Gasteiger partial charge on any atom is 0.126 e. The molecule has 1 heterocycles. The number of rotatable bonds is 10. The summed E-state index contributed by atoms with van der Waals surface area (Å²) >= 11 is 0. The Morgan fingerprint density at radius 1 is 1.25 bits per heavy atom. The van der Waals surface area contributed by atoms with E-state index in [1.165, 1.54) is 0 Å². The molecule has 1 saturated heterocycles. The number of ether oxygens (including phenoxy) is 2. The van der Waals surface area contributed by atoms with Crippen LogP contribution in [0.25, 0.3) is 6.08 Å². The first-order valence-electron chi connectivity index (χ1n) is 11.5. The number of methoxy groups -OCH3 is 1. The monoisotopic (exact) mass is 441 g/mol. The predicted octanol–water partition coefficient (Wildman–Crippen LogP) is 5.32. The van der Waals surface area contributed by atoms with Gasteiger partial charge in [-0.1, -0.05) is 30.4 Å². The van der Waals surface area contributed by atoms with Crippen molar-refractivity contribution < 1.29 is 19.0 Å². The molecule has 0 unspecified atom stereocenters. The molecule has 2 aromatic rings. The Bertz CT molecular complexity index is 914. The minimum atomic E-state index is -0.580. The van der Waals surface area contributed by atoms with Gasteiger partial charge in [0.2, 0.25) is 0 Å². The van der Waals surface area contributed by atoms with Gasteiger partial charge in [-0.2, -0.15) is 0 Å². The van der Waals surface area contributed by atoms with Gasteiger partial charge in [-0.3, -0.25) is 4.90 Å². The van der Waals surface area contributed by atoms with E-state index in [4.69, 9.17) is 9.47 Å². The molecule has 3 atom stereocenters. The number of aliphatic hydroxyl groups is 1. The van der Waals surface area contributed by atoms with Gasteiger partial charge in [0.15, 0.2) is 0 Å². The Morgan fingerprint density at radius 2 is 2.06 bits per heavy atom. The van der Waals surface area contributed by atoms with E-state index in [2.05, 4.69) is 4.90 Å². The highest BCUT2D eigenvalue weighted by Crippen LogP contribution is 2.28. The molecule has 0 aromatic heterocycles. The Hall–Kier alpha value is -2.21. The van der Waals surface area contributed by atoms with Crippen LogP contribution in [-0.4, -0.2) is 49.0 Å². The second-order valence-electron chi connectivity index (χ2n) is 8.70. The first-order valence-corrected chi connectivity index (χ1v) is 11.5. The van der Waals surface area contributed by atoms with E-state index < -0.39 is 6.10 Å². The average molecular weight is 442 g/mol. The summed E-state index contributed by atoms with van der Waals surface area (Å²) < 4.78 is 25.3. The van der Waals surface area contributed by atoms with Gasteiger partial charge in [0, 0.05) is 12.6 Å². The van der Waals surface area contributed by atoms with Crippen LogP contribution in [0.3, 0.4) is 0 Å². The summed E-state index contributed by atoms with van der Waals surface area (Å²) in [7, 11) is 1.65. The Labute approximate surface area is 191 Å². The van der Waals surface area contributed by atoms with Gasteiger partial charge >= 0.3 is 0 Å². The molecule has 2 aromatic carbocycles. The van der Waals surface area contributed by atoms with Gasteiger partial charge in [-0.25, -0.2) is 4.39 Å². The number of likely N-dealkylation sites (tertiary alicyclic amines) is 1. The molecule has 4 nitrogen and oxygen atoms in total. The van der Waals surface area contributed by atoms with E-state index in [0.717, 1.165) is 48.2 Å². The van der Waals surface area contributed by atoms with Gasteiger partial charge in [0.25, 0.3) is 0 Å². The van der Waals surface area contributed by atoms with Crippen LogP contribution in [0.1, 0.15) is 55.0 Å². The molecular formula is C27H36FNO3.